The molecule has 0 atom stereocenters. The van der Waals surface area contributed by atoms with Crippen LogP contribution in [-0.4, -0.2) is 19.5 Å². The molecule has 1 aliphatic rings. The maximum absolute atomic E-state index is 15.1. The molecule has 1 aliphatic heterocycles. The molecule has 2 nitrogen and oxygen atoms in total. The highest BCUT2D eigenvalue weighted by atomic mass is 19.2. The first-order valence-electron chi connectivity index (χ1n) is 15.1. The Bertz CT molecular complexity index is 1200. The number of hydrogen-bond acceptors (Lipinski definition) is 2. The van der Waals surface area contributed by atoms with Gasteiger partial charge in [0, 0.05) is 11.5 Å². The molecule has 0 radical (unpaired) electrons. The fraction of sp³-hybridized carbons (Fsp3) is 0.486. The third-order valence-electron chi connectivity index (χ3n) is 7.94. The minimum atomic E-state index is -0.809. The average molecular weight is 553 g/mol. The summed E-state index contributed by atoms with van der Waals surface area (Å²) >= 11 is 0. The molecular weight excluding hydrogens is 509 g/mol. The highest BCUT2D eigenvalue weighted by Crippen LogP contribution is 2.32. The first-order valence-corrected chi connectivity index (χ1v) is 15.1. The molecule has 0 bridgehead atoms. The SMILES string of the molecule is CCCCCCCCc1ccc(-c2ccc(-c3ccc(C4COC(CCCCC)OC4)c(F)c3)cc2)c(F)c1F. The Morgan fingerprint density at radius 2 is 1.27 bits per heavy atom. The second kappa shape index (κ2) is 15.4. The lowest BCUT2D eigenvalue weighted by molar-refractivity contribution is -0.190. The van der Waals surface area contributed by atoms with Gasteiger partial charge in [-0.15, -0.1) is 0 Å². The Hall–Kier alpha value is -2.63. The number of halogens is 3. The van der Waals surface area contributed by atoms with Gasteiger partial charge in [0.1, 0.15) is 5.82 Å². The third kappa shape index (κ3) is 7.98. The van der Waals surface area contributed by atoms with E-state index in [9.17, 15) is 8.78 Å². The van der Waals surface area contributed by atoms with Gasteiger partial charge in [-0.1, -0.05) is 107 Å². The van der Waals surface area contributed by atoms with Crippen LogP contribution in [0.3, 0.4) is 0 Å². The van der Waals surface area contributed by atoms with Crippen molar-refractivity contribution in [2.24, 2.45) is 0 Å². The predicted octanol–water partition coefficient (Wildman–Crippen LogP) is 10.4. The van der Waals surface area contributed by atoms with Gasteiger partial charge in [0.25, 0.3) is 0 Å². The number of benzene rings is 3. The zero-order valence-electron chi connectivity index (χ0n) is 24.0. The Kier molecular flexibility index (Phi) is 11.7. The van der Waals surface area contributed by atoms with Crippen LogP contribution in [0.4, 0.5) is 13.2 Å². The van der Waals surface area contributed by atoms with E-state index in [-0.39, 0.29) is 23.6 Å². The summed E-state index contributed by atoms with van der Waals surface area (Å²) < 4.78 is 56.6. The van der Waals surface area contributed by atoms with Crippen molar-refractivity contribution >= 4 is 0 Å². The molecule has 0 aliphatic carbocycles. The van der Waals surface area contributed by atoms with Gasteiger partial charge in [-0.2, -0.15) is 0 Å². The van der Waals surface area contributed by atoms with Crippen LogP contribution in [0, 0.1) is 17.5 Å². The maximum Gasteiger partial charge on any atom is 0.166 e. The molecule has 40 heavy (non-hydrogen) atoms. The van der Waals surface area contributed by atoms with Gasteiger partial charge in [-0.25, -0.2) is 13.2 Å². The summed E-state index contributed by atoms with van der Waals surface area (Å²) in [4.78, 5) is 0. The van der Waals surface area contributed by atoms with Crippen molar-refractivity contribution in [2.75, 3.05) is 13.2 Å². The lowest BCUT2D eigenvalue weighted by Gasteiger charge is -2.30. The number of unbranched alkanes of at least 4 members (excludes halogenated alkanes) is 7. The first kappa shape index (κ1) is 30.3. The highest BCUT2D eigenvalue weighted by molar-refractivity contribution is 5.71. The monoisotopic (exact) mass is 552 g/mol. The minimum absolute atomic E-state index is 0.138. The van der Waals surface area contributed by atoms with Gasteiger partial charge in [-0.05, 0) is 59.6 Å². The fourth-order valence-electron chi connectivity index (χ4n) is 5.43. The third-order valence-corrected chi connectivity index (χ3v) is 7.94. The Morgan fingerprint density at radius 1 is 0.650 bits per heavy atom. The van der Waals surface area contributed by atoms with Gasteiger partial charge in [0.05, 0.1) is 13.2 Å². The summed E-state index contributed by atoms with van der Waals surface area (Å²) in [6.07, 6.45) is 11.3. The molecule has 0 N–H and O–H groups in total. The largest absolute Gasteiger partial charge is 0.352 e. The van der Waals surface area contributed by atoms with Crippen LogP contribution in [0.2, 0.25) is 0 Å². The molecule has 0 unspecified atom stereocenters. The summed E-state index contributed by atoms with van der Waals surface area (Å²) in [6, 6.07) is 15.7. The maximum atomic E-state index is 15.1. The molecule has 1 saturated heterocycles. The average Bonchev–Trinajstić information content (AvgIpc) is 2.98. The van der Waals surface area contributed by atoms with Crippen molar-refractivity contribution < 1.29 is 22.6 Å². The van der Waals surface area contributed by atoms with Crippen molar-refractivity contribution in [2.45, 2.75) is 96.7 Å². The van der Waals surface area contributed by atoms with E-state index in [0.29, 0.717) is 36.3 Å². The number of hydrogen-bond donors (Lipinski definition) is 0. The zero-order chi connectivity index (χ0) is 28.3. The normalized spacial score (nSPS) is 17.3. The van der Waals surface area contributed by atoms with E-state index in [0.717, 1.165) is 56.1 Å². The van der Waals surface area contributed by atoms with Crippen molar-refractivity contribution in [1.82, 2.24) is 0 Å². The summed E-state index contributed by atoms with van der Waals surface area (Å²) in [5.74, 6) is -2.00. The molecule has 1 fully saturated rings. The number of rotatable bonds is 14. The van der Waals surface area contributed by atoms with Crippen molar-refractivity contribution in [3.8, 4) is 22.3 Å². The lowest BCUT2D eigenvalue weighted by Crippen LogP contribution is -2.31. The standard InChI is InChI=1S/C35H43F3O2/c1-3-5-7-8-9-11-12-27-18-21-31(35(38)34(27)37)26-16-14-25(15-17-26)28-19-20-30(32(36)22-28)29-23-39-33(40-24-29)13-10-6-4-2/h14-22,29,33H,3-13,23-24H2,1-2H3. The topological polar surface area (TPSA) is 18.5 Å². The zero-order valence-corrected chi connectivity index (χ0v) is 24.0. The molecule has 0 spiro atoms. The molecule has 1 heterocycles. The van der Waals surface area contributed by atoms with Crippen molar-refractivity contribution in [3.05, 3.63) is 83.2 Å². The second-order valence-corrected chi connectivity index (χ2v) is 11.0. The highest BCUT2D eigenvalue weighted by Gasteiger charge is 2.25. The minimum Gasteiger partial charge on any atom is -0.352 e. The summed E-state index contributed by atoms with van der Waals surface area (Å²) in [6.45, 7) is 5.23. The van der Waals surface area contributed by atoms with Gasteiger partial charge < -0.3 is 9.47 Å². The van der Waals surface area contributed by atoms with E-state index >= 15 is 4.39 Å². The van der Waals surface area contributed by atoms with Gasteiger partial charge >= 0.3 is 0 Å². The Labute approximate surface area is 237 Å². The fourth-order valence-corrected chi connectivity index (χ4v) is 5.43. The van der Waals surface area contributed by atoms with E-state index in [1.165, 1.54) is 25.3 Å². The van der Waals surface area contributed by atoms with E-state index < -0.39 is 11.6 Å². The molecule has 0 aromatic heterocycles. The lowest BCUT2D eigenvalue weighted by atomic mass is 9.94. The molecule has 3 aromatic carbocycles. The molecule has 0 saturated carbocycles. The molecule has 0 amide bonds. The second-order valence-electron chi connectivity index (χ2n) is 11.0. The van der Waals surface area contributed by atoms with Gasteiger partial charge in [-0.3, -0.25) is 0 Å². The van der Waals surface area contributed by atoms with E-state index in [4.69, 9.17) is 9.47 Å². The van der Waals surface area contributed by atoms with E-state index in [1.54, 1.807) is 30.3 Å². The van der Waals surface area contributed by atoms with Crippen LogP contribution in [0.5, 0.6) is 0 Å². The van der Waals surface area contributed by atoms with Crippen molar-refractivity contribution in [3.63, 3.8) is 0 Å². The summed E-state index contributed by atoms with van der Waals surface area (Å²) in [5, 5.41) is 0. The molecular formula is C35H43F3O2. The molecule has 3 aromatic rings. The van der Waals surface area contributed by atoms with Crippen LogP contribution >= 0.6 is 0 Å². The number of ether oxygens (including phenoxy) is 2. The molecule has 216 valence electrons. The van der Waals surface area contributed by atoms with Gasteiger partial charge in [0.15, 0.2) is 17.9 Å². The number of aryl methyl sites for hydroxylation is 1. The summed E-state index contributed by atoms with van der Waals surface area (Å²) in [7, 11) is 0. The van der Waals surface area contributed by atoms with Crippen LogP contribution < -0.4 is 0 Å². The van der Waals surface area contributed by atoms with Crippen LogP contribution in [0.25, 0.3) is 22.3 Å². The van der Waals surface area contributed by atoms with Crippen LogP contribution in [0.1, 0.15) is 95.1 Å². The van der Waals surface area contributed by atoms with Gasteiger partial charge in [0.2, 0.25) is 0 Å². The summed E-state index contributed by atoms with van der Waals surface area (Å²) in [5.41, 5.74) is 3.39. The van der Waals surface area contributed by atoms with E-state index in [1.807, 2.05) is 18.2 Å². The smallest absolute Gasteiger partial charge is 0.166 e. The Morgan fingerprint density at radius 3 is 1.98 bits per heavy atom. The predicted molar refractivity (Wildman–Crippen MR) is 157 cm³/mol. The van der Waals surface area contributed by atoms with E-state index in [2.05, 4.69) is 13.8 Å². The Balaban J connectivity index is 1.37. The first-order chi connectivity index (χ1) is 19.5. The quantitative estimate of drug-likeness (QED) is 0.185. The van der Waals surface area contributed by atoms with Crippen molar-refractivity contribution in [1.29, 1.82) is 0 Å². The molecule has 5 heteroatoms. The van der Waals surface area contributed by atoms with Crippen LogP contribution in [0.15, 0.2) is 54.6 Å². The van der Waals surface area contributed by atoms with Crippen LogP contribution in [-0.2, 0) is 15.9 Å². The molecule has 4 rings (SSSR count).